The van der Waals surface area contributed by atoms with Crippen molar-refractivity contribution < 1.29 is 18.7 Å². The van der Waals surface area contributed by atoms with Gasteiger partial charge in [0.2, 0.25) is 0 Å². The van der Waals surface area contributed by atoms with Crippen LogP contribution in [0.25, 0.3) is 0 Å². The normalized spacial score (nSPS) is 11.8. The number of ether oxygens (including phenoxy) is 1. The maximum atomic E-state index is 13.2. The van der Waals surface area contributed by atoms with Crippen LogP contribution in [0.15, 0.2) is 24.3 Å². The van der Waals surface area contributed by atoms with Gasteiger partial charge in [0.1, 0.15) is 5.82 Å². The Morgan fingerprint density at radius 3 is 2.65 bits per heavy atom. The summed E-state index contributed by atoms with van der Waals surface area (Å²) in [5, 5.41) is 0. The van der Waals surface area contributed by atoms with Gasteiger partial charge in [0, 0.05) is 18.7 Å². The summed E-state index contributed by atoms with van der Waals surface area (Å²) in [5.74, 6) is -1.50. The summed E-state index contributed by atoms with van der Waals surface area (Å²) < 4.78 is 17.8. The fraction of sp³-hybridized carbons (Fsp3) is 0.467. The summed E-state index contributed by atoms with van der Waals surface area (Å²) in [7, 11) is 1.32. The van der Waals surface area contributed by atoms with E-state index in [0.717, 1.165) is 6.42 Å². The highest BCUT2D eigenvalue weighted by atomic mass is 19.1. The Morgan fingerprint density at radius 2 is 2.10 bits per heavy atom. The molecule has 0 N–H and O–H groups in total. The van der Waals surface area contributed by atoms with Crippen LogP contribution in [0.3, 0.4) is 0 Å². The van der Waals surface area contributed by atoms with Gasteiger partial charge in [-0.1, -0.05) is 19.9 Å². The van der Waals surface area contributed by atoms with Gasteiger partial charge < -0.3 is 9.64 Å². The zero-order valence-corrected chi connectivity index (χ0v) is 12.1. The number of hydrogen-bond acceptors (Lipinski definition) is 3. The van der Waals surface area contributed by atoms with Crippen LogP contribution in [0, 0.1) is 11.7 Å². The van der Waals surface area contributed by atoms with E-state index in [9.17, 15) is 14.0 Å². The second kappa shape index (κ2) is 7.62. The van der Waals surface area contributed by atoms with Gasteiger partial charge in [-0.25, -0.2) is 4.39 Å². The van der Waals surface area contributed by atoms with Crippen molar-refractivity contribution in [1.82, 2.24) is 4.90 Å². The lowest BCUT2D eigenvalue weighted by Crippen LogP contribution is -2.37. The Kier molecular flexibility index (Phi) is 6.15. The second-order valence-electron chi connectivity index (χ2n) is 4.69. The van der Waals surface area contributed by atoms with Gasteiger partial charge in [-0.3, -0.25) is 9.59 Å². The van der Waals surface area contributed by atoms with Crippen LogP contribution in [0.4, 0.5) is 4.39 Å². The Bertz CT molecular complexity index is 476. The fourth-order valence-electron chi connectivity index (χ4n) is 1.96. The number of hydrogen-bond donors (Lipinski definition) is 0. The number of rotatable bonds is 6. The Hall–Kier alpha value is -1.91. The molecule has 0 aliphatic heterocycles. The first kappa shape index (κ1) is 16.1. The smallest absolute Gasteiger partial charge is 0.310 e. The van der Waals surface area contributed by atoms with E-state index in [1.165, 1.54) is 25.3 Å². The first-order valence-electron chi connectivity index (χ1n) is 6.62. The number of carbonyl (C=O) groups excluding carboxylic acids is 2. The maximum Gasteiger partial charge on any atom is 0.310 e. The number of methoxy groups -OCH3 is 1. The summed E-state index contributed by atoms with van der Waals surface area (Å²) in [6.45, 7) is 4.41. The van der Waals surface area contributed by atoms with Crippen molar-refractivity contribution in [3.63, 3.8) is 0 Å². The number of benzene rings is 1. The molecule has 0 aromatic heterocycles. The molecule has 1 aromatic rings. The molecule has 0 aliphatic rings. The van der Waals surface area contributed by atoms with Gasteiger partial charge >= 0.3 is 5.97 Å². The van der Waals surface area contributed by atoms with Gasteiger partial charge in [0.05, 0.1) is 13.0 Å². The zero-order chi connectivity index (χ0) is 15.1. The van der Waals surface area contributed by atoms with E-state index in [-0.39, 0.29) is 24.0 Å². The van der Waals surface area contributed by atoms with Crippen molar-refractivity contribution in [1.29, 1.82) is 0 Å². The summed E-state index contributed by atoms with van der Waals surface area (Å²) in [5.41, 5.74) is 0.288. The highest BCUT2D eigenvalue weighted by molar-refractivity contribution is 5.94. The van der Waals surface area contributed by atoms with E-state index in [2.05, 4.69) is 4.74 Å². The molecular formula is C15H20FNO3. The monoisotopic (exact) mass is 281 g/mol. The molecule has 0 saturated heterocycles. The molecular weight excluding hydrogens is 261 g/mol. The van der Waals surface area contributed by atoms with Crippen molar-refractivity contribution in [2.45, 2.75) is 20.3 Å². The predicted octanol–water partition coefficient (Wildman–Crippen LogP) is 2.49. The highest BCUT2D eigenvalue weighted by Gasteiger charge is 2.22. The van der Waals surface area contributed by atoms with Crippen LogP contribution < -0.4 is 0 Å². The molecule has 1 atom stereocenters. The molecule has 5 heteroatoms. The molecule has 0 radical (unpaired) electrons. The van der Waals surface area contributed by atoms with E-state index in [1.54, 1.807) is 17.9 Å². The Morgan fingerprint density at radius 1 is 1.40 bits per heavy atom. The van der Waals surface area contributed by atoms with Crippen molar-refractivity contribution in [2.75, 3.05) is 20.2 Å². The number of halogens is 1. The molecule has 110 valence electrons. The molecule has 0 aliphatic carbocycles. The first-order valence-corrected chi connectivity index (χ1v) is 6.62. The second-order valence-corrected chi connectivity index (χ2v) is 4.69. The van der Waals surface area contributed by atoms with Crippen LogP contribution in [0.5, 0.6) is 0 Å². The summed E-state index contributed by atoms with van der Waals surface area (Å²) in [4.78, 5) is 25.3. The minimum absolute atomic E-state index is 0.260. The number of nitrogens with zero attached hydrogens (tertiary/aromatic N) is 1. The van der Waals surface area contributed by atoms with Crippen LogP contribution in [0.2, 0.25) is 0 Å². The molecule has 4 nitrogen and oxygen atoms in total. The van der Waals surface area contributed by atoms with Gasteiger partial charge in [-0.05, 0) is 24.6 Å². The quantitative estimate of drug-likeness (QED) is 0.753. The number of amides is 1. The molecule has 0 fully saturated rings. The topological polar surface area (TPSA) is 46.6 Å². The van der Waals surface area contributed by atoms with Crippen LogP contribution >= 0.6 is 0 Å². The Labute approximate surface area is 118 Å². The predicted molar refractivity (Wildman–Crippen MR) is 73.8 cm³/mol. The molecule has 0 saturated carbocycles. The largest absolute Gasteiger partial charge is 0.469 e. The molecule has 0 spiro atoms. The molecule has 1 amide bonds. The molecule has 1 rings (SSSR count). The van der Waals surface area contributed by atoms with Crippen LogP contribution in [0.1, 0.15) is 30.6 Å². The average Bonchev–Trinajstić information content (AvgIpc) is 2.45. The lowest BCUT2D eigenvalue weighted by atomic mass is 10.1. The first-order chi connectivity index (χ1) is 9.49. The van der Waals surface area contributed by atoms with Gasteiger partial charge in [0.15, 0.2) is 0 Å². The third-order valence-electron chi connectivity index (χ3n) is 2.95. The summed E-state index contributed by atoms with van der Waals surface area (Å²) >= 11 is 0. The van der Waals surface area contributed by atoms with Crippen molar-refractivity contribution in [2.24, 2.45) is 5.92 Å². The summed E-state index contributed by atoms with van der Waals surface area (Å²) in [6, 6.07) is 5.55. The summed E-state index contributed by atoms with van der Waals surface area (Å²) in [6.07, 6.45) is 0.759. The standard InChI is InChI=1S/C15H20FNO3/c1-4-8-17(10-11(2)15(19)20-3)14(18)12-6-5-7-13(16)9-12/h5-7,9,11H,4,8,10H2,1-3H3. The lowest BCUT2D eigenvalue weighted by molar-refractivity contribution is -0.145. The van der Waals surface area contributed by atoms with E-state index in [4.69, 9.17) is 0 Å². The van der Waals surface area contributed by atoms with Crippen molar-refractivity contribution >= 4 is 11.9 Å². The molecule has 0 heterocycles. The molecule has 1 unspecified atom stereocenters. The van der Waals surface area contributed by atoms with E-state index < -0.39 is 11.7 Å². The number of carbonyl (C=O) groups is 2. The SMILES string of the molecule is CCCN(CC(C)C(=O)OC)C(=O)c1cccc(F)c1. The van der Waals surface area contributed by atoms with Gasteiger partial charge in [0.25, 0.3) is 5.91 Å². The van der Waals surface area contributed by atoms with Crippen LogP contribution in [-0.2, 0) is 9.53 Å². The zero-order valence-electron chi connectivity index (χ0n) is 12.1. The minimum Gasteiger partial charge on any atom is -0.469 e. The average molecular weight is 281 g/mol. The maximum absolute atomic E-state index is 13.2. The lowest BCUT2D eigenvalue weighted by Gasteiger charge is -2.24. The fourth-order valence-corrected chi connectivity index (χ4v) is 1.96. The van der Waals surface area contributed by atoms with E-state index in [0.29, 0.717) is 6.54 Å². The van der Waals surface area contributed by atoms with E-state index in [1.807, 2.05) is 6.92 Å². The van der Waals surface area contributed by atoms with Gasteiger partial charge in [-0.2, -0.15) is 0 Å². The number of esters is 1. The van der Waals surface area contributed by atoms with Gasteiger partial charge in [-0.15, -0.1) is 0 Å². The highest BCUT2D eigenvalue weighted by Crippen LogP contribution is 2.11. The molecule has 20 heavy (non-hydrogen) atoms. The molecule has 0 bridgehead atoms. The van der Waals surface area contributed by atoms with Crippen molar-refractivity contribution in [3.05, 3.63) is 35.6 Å². The third-order valence-corrected chi connectivity index (χ3v) is 2.95. The Balaban J connectivity index is 2.84. The minimum atomic E-state index is -0.451. The van der Waals surface area contributed by atoms with Crippen LogP contribution in [-0.4, -0.2) is 37.0 Å². The van der Waals surface area contributed by atoms with Crippen molar-refractivity contribution in [3.8, 4) is 0 Å². The van der Waals surface area contributed by atoms with E-state index >= 15 is 0 Å². The molecule has 1 aromatic carbocycles. The third kappa shape index (κ3) is 4.33.